The Kier molecular flexibility index (Phi) is 4.88. The first-order chi connectivity index (χ1) is 7.68. The number of sulfonamides is 1. The van der Waals surface area contributed by atoms with Crippen molar-refractivity contribution in [2.24, 2.45) is 0 Å². The Balaban J connectivity index is 3.14. The Morgan fingerprint density at radius 2 is 2.00 bits per heavy atom. The summed E-state index contributed by atoms with van der Waals surface area (Å²) in [6.45, 7) is 3.40. The molecule has 0 aromatic heterocycles. The second-order valence-electron chi connectivity index (χ2n) is 4.20. The van der Waals surface area contributed by atoms with Crippen LogP contribution in [0.3, 0.4) is 0 Å². The predicted octanol–water partition coefficient (Wildman–Crippen LogP) is 3.40. The molecule has 0 atom stereocenters. The molecule has 0 aliphatic heterocycles. The molecule has 96 valence electrons. The third-order valence-electron chi connectivity index (χ3n) is 1.93. The van der Waals surface area contributed by atoms with E-state index in [1.54, 1.807) is 19.9 Å². The van der Waals surface area contributed by atoms with E-state index in [4.69, 9.17) is 23.2 Å². The SMILES string of the molecule is CC(C)(CCl)NS(=O)(=O)c1ccc(Br)cc1Cl. The fourth-order valence-electron chi connectivity index (χ4n) is 1.14. The van der Waals surface area contributed by atoms with Crippen molar-refractivity contribution in [2.45, 2.75) is 24.3 Å². The molecule has 0 amide bonds. The van der Waals surface area contributed by atoms with E-state index in [1.165, 1.54) is 12.1 Å². The van der Waals surface area contributed by atoms with Gasteiger partial charge in [-0.05, 0) is 32.0 Å². The van der Waals surface area contributed by atoms with Crippen LogP contribution in [0.25, 0.3) is 0 Å². The molecule has 0 unspecified atom stereocenters. The van der Waals surface area contributed by atoms with Gasteiger partial charge >= 0.3 is 0 Å². The van der Waals surface area contributed by atoms with Crippen LogP contribution in [0.4, 0.5) is 0 Å². The first-order valence-electron chi connectivity index (χ1n) is 4.73. The lowest BCUT2D eigenvalue weighted by Gasteiger charge is -2.23. The summed E-state index contributed by atoms with van der Waals surface area (Å²) in [5, 5.41) is 0.164. The first-order valence-corrected chi connectivity index (χ1v) is 7.92. The standard InChI is InChI=1S/C10H12BrCl2NO2S/c1-10(2,6-12)14-17(15,16)9-4-3-7(11)5-8(9)13/h3-5,14H,6H2,1-2H3. The van der Waals surface area contributed by atoms with Crippen LogP contribution in [0.15, 0.2) is 27.6 Å². The third-order valence-corrected chi connectivity index (χ3v) is 5.27. The number of alkyl halides is 1. The summed E-state index contributed by atoms with van der Waals surface area (Å²) >= 11 is 14.8. The third kappa shape index (κ3) is 4.10. The van der Waals surface area contributed by atoms with E-state index in [0.29, 0.717) is 0 Å². The maximum absolute atomic E-state index is 12.1. The Bertz CT molecular complexity index is 517. The van der Waals surface area contributed by atoms with Crippen LogP contribution in [0.5, 0.6) is 0 Å². The highest BCUT2D eigenvalue weighted by Gasteiger charge is 2.26. The molecule has 3 nitrogen and oxygen atoms in total. The number of hydrogen-bond acceptors (Lipinski definition) is 2. The van der Waals surface area contributed by atoms with Gasteiger partial charge in [0.25, 0.3) is 0 Å². The summed E-state index contributed by atoms with van der Waals surface area (Å²) in [4.78, 5) is 0.0422. The molecular weight excluding hydrogens is 349 g/mol. The maximum Gasteiger partial charge on any atom is 0.242 e. The molecule has 0 spiro atoms. The van der Waals surface area contributed by atoms with Gasteiger partial charge in [0.15, 0.2) is 0 Å². The predicted molar refractivity (Wildman–Crippen MR) is 74.3 cm³/mol. The van der Waals surface area contributed by atoms with Gasteiger partial charge in [0.2, 0.25) is 10.0 Å². The largest absolute Gasteiger partial charge is 0.242 e. The topological polar surface area (TPSA) is 46.2 Å². The smallest absolute Gasteiger partial charge is 0.207 e. The lowest BCUT2D eigenvalue weighted by Crippen LogP contribution is -2.44. The molecule has 1 rings (SSSR count). The van der Waals surface area contributed by atoms with E-state index < -0.39 is 15.6 Å². The molecular formula is C10H12BrCl2NO2S. The van der Waals surface area contributed by atoms with Crippen LogP contribution >= 0.6 is 39.1 Å². The lowest BCUT2D eigenvalue weighted by molar-refractivity contribution is 0.496. The van der Waals surface area contributed by atoms with Gasteiger partial charge in [0.1, 0.15) is 4.90 Å². The normalized spacial score (nSPS) is 12.8. The van der Waals surface area contributed by atoms with Gasteiger partial charge < -0.3 is 0 Å². The van der Waals surface area contributed by atoms with Crippen LogP contribution in [0.2, 0.25) is 5.02 Å². The van der Waals surface area contributed by atoms with E-state index in [9.17, 15) is 8.42 Å². The van der Waals surface area contributed by atoms with Gasteiger partial charge in [-0.1, -0.05) is 27.5 Å². The van der Waals surface area contributed by atoms with Crippen LogP contribution in [0.1, 0.15) is 13.8 Å². The van der Waals surface area contributed by atoms with Gasteiger partial charge in [0.05, 0.1) is 5.02 Å². The lowest BCUT2D eigenvalue weighted by atomic mass is 10.1. The minimum Gasteiger partial charge on any atom is -0.207 e. The fourth-order valence-corrected chi connectivity index (χ4v) is 3.74. The van der Waals surface area contributed by atoms with Crippen molar-refractivity contribution in [3.63, 3.8) is 0 Å². The zero-order valence-corrected chi connectivity index (χ0v) is 13.2. The zero-order chi connectivity index (χ0) is 13.3. The summed E-state index contributed by atoms with van der Waals surface area (Å²) < 4.78 is 27.4. The average Bonchev–Trinajstić information content (AvgIpc) is 2.15. The Morgan fingerprint density at radius 1 is 1.41 bits per heavy atom. The van der Waals surface area contributed by atoms with Gasteiger partial charge in [-0.3, -0.25) is 0 Å². The first kappa shape index (κ1) is 15.2. The molecule has 1 aromatic carbocycles. The second-order valence-corrected chi connectivity index (χ2v) is 7.44. The quantitative estimate of drug-likeness (QED) is 0.836. The highest BCUT2D eigenvalue weighted by Crippen LogP contribution is 2.26. The monoisotopic (exact) mass is 359 g/mol. The van der Waals surface area contributed by atoms with Gasteiger partial charge in [-0.2, -0.15) is 0 Å². The van der Waals surface area contributed by atoms with Crippen molar-refractivity contribution in [3.05, 3.63) is 27.7 Å². The second kappa shape index (κ2) is 5.45. The summed E-state index contributed by atoms with van der Waals surface area (Å²) in [7, 11) is -3.66. The molecule has 0 aliphatic rings. The highest BCUT2D eigenvalue weighted by atomic mass is 79.9. The number of halogens is 3. The highest BCUT2D eigenvalue weighted by molar-refractivity contribution is 9.10. The minimum atomic E-state index is -3.66. The minimum absolute atomic E-state index is 0.0422. The Hall–Kier alpha value is 0.190. The van der Waals surface area contributed by atoms with Gasteiger partial charge in [-0.15, -0.1) is 11.6 Å². The number of nitrogens with one attached hydrogen (secondary N) is 1. The van der Waals surface area contributed by atoms with Crippen molar-refractivity contribution >= 4 is 49.2 Å². The van der Waals surface area contributed by atoms with Crippen LogP contribution in [0, 0.1) is 0 Å². The van der Waals surface area contributed by atoms with E-state index in [2.05, 4.69) is 20.7 Å². The molecule has 1 N–H and O–H groups in total. The molecule has 1 aromatic rings. The molecule has 0 heterocycles. The molecule has 17 heavy (non-hydrogen) atoms. The molecule has 0 fully saturated rings. The number of hydrogen-bond donors (Lipinski definition) is 1. The van der Waals surface area contributed by atoms with Gasteiger partial charge in [-0.25, -0.2) is 13.1 Å². The Morgan fingerprint density at radius 3 is 2.47 bits per heavy atom. The van der Waals surface area contributed by atoms with E-state index >= 15 is 0 Å². The average molecular weight is 361 g/mol. The molecule has 0 saturated carbocycles. The van der Waals surface area contributed by atoms with E-state index in [0.717, 1.165) is 4.47 Å². The Labute approximate surface area is 120 Å². The molecule has 0 aliphatic carbocycles. The van der Waals surface area contributed by atoms with Crippen molar-refractivity contribution in [1.82, 2.24) is 4.72 Å². The number of benzene rings is 1. The molecule has 7 heteroatoms. The summed E-state index contributed by atoms with van der Waals surface area (Å²) in [6.07, 6.45) is 0. The van der Waals surface area contributed by atoms with Crippen LogP contribution < -0.4 is 4.72 Å². The van der Waals surface area contributed by atoms with E-state index in [1.807, 2.05) is 0 Å². The maximum atomic E-state index is 12.1. The van der Waals surface area contributed by atoms with Crippen LogP contribution in [-0.2, 0) is 10.0 Å². The molecule has 0 bridgehead atoms. The zero-order valence-electron chi connectivity index (χ0n) is 9.30. The fraction of sp³-hybridized carbons (Fsp3) is 0.400. The van der Waals surface area contributed by atoms with Crippen molar-refractivity contribution in [3.8, 4) is 0 Å². The van der Waals surface area contributed by atoms with Crippen molar-refractivity contribution in [1.29, 1.82) is 0 Å². The molecule has 0 saturated heterocycles. The molecule has 0 radical (unpaired) electrons. The van der Waals surface area contributed by atoms with Crippen LogP contribution in [-0.4, -0.2) is 19.8 Å². The van der Waals surface area contributed by atoms with Crippen molar-refractivity contribution in [2.75, 3.05) is 5.88 Å². The van der Waals surface area contributed by atoms with E-state index in [-0.39, 0.29) is 15.8 Å². The summed E-state index contributed by atoms with van der Waals surface area (Å²) in [6, 6.07) is 4.59. The summed E-state index contributed by atoms with van der Waals surface area (Å²) in [5.74, 6) is 0.167. The number of rotatable bonds is 4. The summed E-state index contributed by atoms with van der Waals surface area (Å²) in [5.41, 5.74) is -0.725. The van der Waals surface area contributed by atoms with Crippen molar-refractivity contribution < 1.29 is 8.42 Å². The van der Waals surface area contributed by atoms with Gasteiger partial charge in [0, 0.05) is 15.9 Å².